The molecule has 10 heteroatoms. The molecule has 0 fully saturated rings. The number of carbonyl (C=O) groups excluding carboxylic acids is 1. The van der Waals surface area contributed by atoms with Crippen molar-refractivity contribution in [2.45, 2.75) is 13.1 Å². The Kier molecular flexibility index (Phi) is 5.56. The molecule has 0 heterocycles. The number of hydrogen-bond acceptors (Lipinski definition) is 4. The molecule has 0 aliphatic rings. The minimum atomic E-state index is -4.60. The quantitative estimate of drug-likeness (QED) is 0.475. The molecular formula is C16H12F3N3O3S. The summed E-state index contributed by atoms with van der Waals surface area (Å²) in [4.78, 5) is 22.4. The van der Waals surface area contributed by atoms with Crippen molar-refractivity contribution in [1.82, 2.24) is 5.32 Å². The molecule has 0 saturated heterocycles. The highest BCUT2D eigenvalue weighted by atomic mass is 32.1. The van der Waals surface area contributed by atoms with Gasteiger partial charge in [-0.15, -0.1) is 0 Å². The van der Waals surface area contributed by atoms with Crippen molar-refractivity contribution in [2.75, 3.05) is 5.32 Å². The molecule has 0 aliphatic carbocycles. The molecule has 0 aliphatic heterocycles. The largest absolute Gasteiger partial charge is 0.418 e. The SMILES string of the molecule is Cc1ccc(C(=O)NC(=S)Nc2ccccc2C(F)(F)F)cc1[N+](=O)[O-]. The van der Waals surface area contributed by atoms with Gasteiger partial charge in [0.25, 0.3) is 11.6 Å². The van der Waals surface area contributed by atoms with E-state index in [0.717, 1.165) is 18.2 Å². The second kappa shape index (κ2) is 7.48. The van der Waals surface area contributed by atoms with E-state index in [2.05, 4.69) is 10.6 Å². The number of nitro groups is 1. The summed E-state index contributed by atoms with van der Waals surface area (Å²) in [6, 6.07) is 8.45. The third-order valence-electron chi connectivity index (χ3n) is 3.38. The van der Waals surface area contributed by atoms with Gasteiger partial charge in [-0.3, -0.25) is 20.2 Å². The van der Waals surface area contributed by atoms with Gasteiger partial charge in [-0.1, -0.05) is 18.2 Å². The highest BCUT2D eigenvalue weighted by molar-refractivity contribution is 7.80. The van der Waals surface area contributed by atoms with Gasteiger partial charge in [0.05, 0.1) is 16.2 Å². The number of hydrogen-bond donors (Lipinski definition) is 2. The Morgan fingerprint density at radius 1 is 1.19 bits per heavy atom. The molecule has 2 rings (SSSR count). The van der Waals surface area contributed by atoms with Crippen LogP contribution in [0, 0.1) is 17.0 Å². The lowest BCUT2D eigenvalue weighted by atomic mass is 10.1. The van der Waals surface area contributed by atoms with Crippen LogP contribution in [0.5, 0.6) is 0 Å². The molecule has 0 aromatic heterocycles. The number of para-hydroxylation sites is 1. The van der Waals surface area contributed by atoms with Crippen molar-refractivity contribution < 1.29 is 22.9 Å². The van der Waals surface area contributed by atoms with E-state index in [4.69, 9.17) is 12.2 Å². The first kappa shape index (κ1) is 19.3. The second-order valence-corrected chi connectivity index (χ2v) is 5.62. The van der Waals surface area contributed by atoms with E-state index in [1.807, 2.05) is 0 Å². The number of amides is 1. The van der Waals surface area contributed by atoms with Gasteiger partial charge in [-0.25, -0.2) is 0 Å². The standard InChI is InChI=1S/C16H12F3N3O3S/c1-9-6-7-10(8-13(9)22(24)25)14(23)21-15(26)20-12-5-3-2-4-11(12)16(17,18)19/h2-8H,1H3,(H2,20,21,23,26). The minimum absolute atomic E-state index is 0.0458. The van der Waals surface area contributed by atoms with Crippen LogP contribution in [-0.4, -0.2) is 15.9 Å². The van der Waals surface area contributed by atoms with E-state index in [0.29, 0.717) is 5.56 Å². The van der Waals surface area contributed by atoms with E-state index in [1.54, 1.807) is 0 Å². The van der Waals surface area contributed by atoms with Crippen molar-refractivity contribution in [1.29, 1.82) is 0 Å². The van der Waals surface area contributed by atoms with E-state index < -0.39 is 22.6 Å². The van der Waals surface area contributed by atoms with Crippen LogP contribution in [0.25, 0.3) is 0 Å². The van der Waals surface area contributed by atoms with Gasteiger partial charge in [0, 0.05) is 17.2 Å². The van der Waals surface area contributed by atoms with E-state index >= 15 is 0 Å². The third-order valence-corrected chi connectivity index (χ3v) is 3.58. The summed E-state index contributed by atoms with van der Waals surface area (Å²) in [5.41, 5.74) is -1.19. The molecule has 0 atom stereocenters. The Labute approximate surface area is 151 Å². The predicted octanol–water partition coefficient (Wildman–Crippen LogP) is 4.05. The molecule has 0 saturated carbocycles. The Hall–Kier alpha value is -3.01. The highest BCUT2D eigenvalue weighted by Gasteiger charge is 2.33. The van der Waals surface area contributed by atoms with Gasteiger partial charge in [0.2, 0.25) is 0 Å². The number of nitrogens with zero attached hydrogens (tertiary/aromatic N) is 1. The van der Waals surface area contributed by atoms with Crippen molar-refractivity contribution in [3.63, 3.8) is 0 Å². The molecule has 0 spiro atoms. The smallest absolute Gasteiger partial charge is 0.332 e. The normalized spacial score (nSPS) is 10.9. The number of benzene rings is 2. The molecule has 2 aromatic rings. The van der Waals surface area contributed by atoms with Gasteiger partial charge in [0.15, 0.2) is 5.11 Å². The average molecular weight is 383 g/mol. The van der Waals surface area contributed by atoms with Crippen LogP contribution >= 0.6 is 12.2 Å². The zero-order chi connectivity index (χ0) is 19.5. The maximum atomic E-state index is 12.9. The number of halogens is 3. The van der Waals surface area contributed by atoms with Crippen molar-refractivity contribution in [3.05, 3.63) is 69.3 Å². The molecule has 2 N–H and O–H groups in total. The average Bonchev–Trinajstić information content (AvgIpc) is 2.54. The summed E-state index contributed by atoms with van der Waals surface area (Å²) in [7, 11) is 0. The number of rotatable bonds is 3. The first-order chi connectivity index (χ1) is 12.1. The lowest BCUT2D eigenvalue weighted by molar-refractivity contribution is -0.385. The van der Waals surface area contributed by atoms with Crippen LogP contribution in [0.2, 0.25) is 0 Å². The molecule has 0 radical (unpaired) electrons. The fourth-order valence-corrected chi connectivity index (χ4v) is 2.32. The molecule has 1 amide bonds. The lowest BCUT2D eigenvalue weighted by Gasteiger charge is -2.15. The van der Waals surface area contributed by atoms with Crippen molar-refractivity contribution in [2.24, 2.45) is 0 Å². The Balaban J connectivity index is 2.15. The van der Waals surface area contributed by atoms with Crippen LogP contribution < -0.4 is 10.6 Å². The number of anilines is 1. The highest BCUT2D eigenvalue weighted by Crippen LogP contribution is 2.34. The van der Waals surface area contributed by atoms with E-state index in [1.165, 1.54) is 31.2 Å². The van der Waals surface area contributed by atoms with Gasteiger partial charge in [-0.2, -0.15) is 13.2 Å². The predicted molar refractivity (Wildman–Crippen MR) is 93.0 cm³/mol. The lowest BCUT2D eigenvalue weighted by Crippen LogP contribution is -2.34. The zero-order valence-corrected chi connectivity index (χ0v) is 14.1. The monoisotopic (exact) mass is 383 g/mol. The molecule has 136 valence electrons. The number of nitro benzene ring substituents is 1. The van der Waals surface area contributed by atoms with Crippen molar-refractivity contribution >= 4 is 34.6 Å². The van der Waals surface area contributed by atoms with Crippen LogP contribution in [0.4, 0.5) is 24.5 Å². The molecule has 0 unspecified atom stereocenters. The first-order valence-corrected chi connectivity index (χ1v) is 7.54. The number of nitrogens with one attached hydrogen (secondary N) is 2. The summed E-state index contributed by atoms with van der Waals surface area (Å²) >= 11 is 4.86. The third kappa shape index (κ3) is 4.54. The molecule has 26 heavy (non-hydrogen) atoms. The topological polar surface area (TPSA) is 84.3 Å². The van der Waals surface area contributed by atoms with E-state index in [-0.39, 0.29) is 22.1 Å². The fourth-order valence-electron chi connectivity index (χ4n) is 2.12. The Morgan fingerprint density at radius 2 is 1.85 bits per heavy atom. The Bertz CT molecular complexity index is 885. The Morgan fingerprint density at radius 3 is 2.46 bits per heavy atom. The van der Waals surface area contributed by atoms with Crippen LogP contribution in [0.3, 0.4) is 0 Å². The molecule has 0 bridgehead atoms. The summed E-state index contributed by atoms with van der Waals surface area (Å²) in [6.07, 6.45) is -4.60. The van der Waals surface area contributed by atoms with Crippen molar-refractivity contribution in [3.8, 4) is 0 Å². The van der Waals surface area contributed by atoms with Gasteiger partial charge < -0.3 is 5.32 Å². The van der Waals surface area contributed by atoms with Gasteiger partial charge in [0.1, 0.15) is 0 Å². The minimum Gasteiger partial charge on any atom is -0.332 e. The summed E-state index contributed by atoms with van der Waals surface area (Å²) in [5, 5.41) is 15.1. The molecule has 2 aromatic carbocycles. The fraction of sp³-hybridized carbons (Fsp3) is 0.125. The van der Waals surface area contributed by atoms with Gasteiger partial charge >= 0.3 is 6.18 Å². The van der Waals surface area contributed by atoms with E-state index in [9.17, 15) is 28.1 Å². The summed E-state index contributed by atoms with van der Waals surface area (Å²) in [5.74, 6) is -0.782. The van der Waals surface area contributed by atoms with Crippen LogP contribution in [0.15, 0.2) is 42.5 Å². The number of alkyl halides is 3. The van der Waals surface area contributed by atoms with Crippen LogP contribution in [-0.2, 0) is 6.18 Å². The molecular weight excluding hydrogens is 371 g/mol. The number of thiocarbonyl (C=S) groups is 1. The zero-order valence-electron chi connectivity index (χ0n) is 13.3. The van der Waals surface area contributed by atoms with Gasteiger partial charge in [-0.05, 0) is 37.3 Å². The van der Waals surface area contributed by atoms with Crippen LogP contribution in [0.1, 0.15) is 21.5 Å². The first-order valence-electron chi connectivity index (χ1n) is 7.13. The maximum absolute atomic E-state index is 12.9. The number of aryl methyl sites for hydroxylation is 1. The second-order valence-electron chi connectivity index (χ2n) is 5.21. The summed E-state index contributed by atoms with van der Waals surface area (Å²) in [6.45, 7) is 1.51. The number of carbonyl (C=O) groups is 1. The maximum Gasteiger partial charge on any atom is 0.418 e. The molecule has 6 nitrogen and oxygen atoms in total. The summed E-state index contributed by atoms with van der Waals surface area (Å²) < 4.78 is 38.8.